The minimum atomic E-state index is -0.262. The van der Waals surface area contributed by atoms with Crippen LogP contribution in [-0.4, -0.2) is 42.2 Å². The molecule has 5 nitrogen and oxygen atoms in total. The fourth-order valence-corrected chi connectivity index (χ4v) is 1.70. The van der Waals surface area contributed by atoms with Crippen molar-refractivity contribution < 1.29 is 19.1 Å². The summed E-state index contributed by atoms with van der Waals surface area (Å²) in [6.45, 7) is 4.67. The maximum Gasteiger partial charge on any atom is 0.323 e. The molecule has 0 unspecified atom stereocenters. The average molecular weight is 224 g/mol. The average Bonchev–Trinajstić information content (AvgIpc) is 2.28. The highest BCUT2D eigenvalue weighted by Crippen LogP contribution is 2.19. The van der Waals surface area contributed by atoms with Crippen molar-refractivity contribution in [3.05, 3.63) is 18.2 Å². The molecule has 1 aliphatic heterocycles. The number of Topliss-reactive ketones (excluding diaryl/α,β-unsaturated/α-hetero) is 1. The molecule has 0 aromatic carbocycles. The van der Waals surface area contributed by atoms with Crippen LogP contribution in [0.5, 0.6) is 0 Å². The fourth-order valence-electron chi connectivity index (χ4n) is 1.70. The van der Waals surface area contributed by atoms with Crippen molar-refractivity contribution in [2.75, 3.05) is 13.2 Å². The Kier molecular flexibility index (Phi) is 5.64. The number of carbonyl (C=O) groups is 1. The summed E-state index contributed by atoms with van der Waals surface area (Å²) in [4.78, 5) is 14.0. The molecule has 0 saturated carbocycles. The zero-order chi connectivity index (χ0) is 11.8. The summed E-state index contributed by atoms with van der Waals surface area (Å²) in [5.74, 6) is -0.262. The predicted molar refractivity (Wildman–Crippen MR) is 58.2 cm³/mol. The lowest BCUT2D eigenvalue weighted by molar-refractivity contribution is -0.129. The van der Waals surface area contributed by atoms with Gasteiger partial charge >= 0.3 is 6.21 Å². The van der Waals surface area contributed by atoms with Crippen LogP contribution in [0.3, 0.4) is 0 Å². The molecule has 1 saturated heterocycles. The SMILES string of the molecule is C=CCO[C@H]1CCCO[C@@H]1CC(=O)C=[N+]=[N-]. The van der Waals surface area contributed by atoms with E-state index in [0.717, 1.165) is 19.1 Å². The third-order valence-electron chi connectivity index (χ3n) is 2.41. The number of hydrogen-bond donors (Lipinski definition) is 0. The van der Waals surface area contributed by atoms with Gasteiger partial charge in [0.15, 0.2) is 0 Å². The van der Waals surface area contributed by atoms with Gasteiger partial charge in [-0.05, 0) is 12.8 Å². The van der Waals surface area contributed by atoms with Gasteiger partial charge in [-0.25, -0.2) is 0 Å². The van der Waals surface area contributed by atoms with E-state index in [1.54, 1.807) is 6.08 Å². The molecule has 0 spiro atoms. The molecule has 1 aliphatic rings. The minimum Gasteiger partial charge on any atom is -0.375 e. The molecule has 0 amide bonds. The van der Waals surface area contributed by atoms with Crippen LogP contribution in [-0.2, 0) is 14.3 Å². The predicted octanol–water partition coefficient (Wildman–Crippen LogP) is 0.996. The third kappa shape index (κ3) is 4.06. The van der Waals surface area contributed by atoms with Gasteiger partial charge in [-0.1, -0.05) is 6.08 Å². The van der Waals surface area contributed by atoms with Gasteiger partial charge in [0.2, 0.25) is 5.78 Å². The molecule has 1 rings (SSSR count). The lowest BCUT2D eigenvalue weighted by Crippen LogP contribution is -2.38. The summed E-state index contributed by atoms with van der Waals surface area (Å²) in [5, 5.41) is 0. The van der Waals surface area contributed by atoms with E-state index in [-0.39, 0.29) is 24.4 Å². The van der Waals surface area contributed by atoms with Crippen molar-refractivity contribution in [2.24, 2.45) is 0 Å². The van der Waals surface area contributed by atoms with Crippen LogP contribution in [0.2, 0.25) is 0 Å². The Bertz CT molecular complexity index is 298. The van der Waals surface area contributed by atoms with E-state index in [1.807, 2.05) is 0 Å². The van der Waals surface area contributed by atoms with E-state index in [1.165, 1.54) is 0 Å². The van der Waals surface area contributed by atoms with E-state index < -0.39 is 0 Å². The Morgan fingerprint density at radius 2 is 2.50 bits per heavy atom. The number of rotatable bonds is 6. The standard InChI is InChI=1S/C11H16N2O3/c1-2-5-15-10-4-3-6-16-11(10)7-9(14)8-13-12/h2,8,10-11H,1,3-7H2/t10-,11+/m0/s1. The van der Waals surface area contributed by atoms with Gasteiger partial charge < -0.3 is 15.0 Å². The van der Waals surface area contributed by atoms with Gasteiger partial charge in [-0.2, -0.15) is 4.79 Å². The van der Waals surface area contributed by atoms with Gasteiger partial charge in [0.05, 0.1) is 18.8 Å². The van der Waals surface area contributed by atoms with Crippen molar-refractivity contribution in [1.29, 1.82) is 0 Å². The molecule has 5 heteroatoms. The van der Waals surface area contributed by atoms with E-state index in [0.29, 0.717) is 13.2 Å². The summed E-state index contributed by atoms with van der Waals surface area (Å²) < 4.78 is 11.0. The highest BCUT2D eigenvalue weighted by atomic mass is 16.5. The summed E-state index contributed by atoms with van der Waals surface area (Å²) in [6, 6.07) is 0. The Morgan fingerprint density at radius 1 is 1.69 bits per heavy atom. The third-order valence-corrected chi connectivity index (χ3v) is 2.41. The largest absolute Gasteiger partial charge is 0.375 e. The molecule has 0 aliphatic carbocycles. The second-order valence-corrected chi connectivity index (χ2v) is 3.63. The van der Waals surface area contributed by atoms with Crippen molar-refractivity contribution in [3.8, 4) is 0 Å². The number of nitrogens with zero attached hydrogens (tertiary/aromatic N) is 2. The molecule has 0 radical (unpaired) electrons. The van der Waals surface area contributed by atoms with Gasteiger partial charge in [0, 0.05) is 13.0 Å². The van der Waals surface area contributed by atoms with Gasteiger partial charge in [0.1, 0.15) is 0 Å². The molecule has 0 aromatic rings. The number of ketones is 1. The molecule has 16 heavy (non-hydrogen) atoms. The van der Waals surface area contributed by atoms with Crippen LogP contribution < -0.4 is 0 Å². The molecular formula is C11H16N2O3. The second kappa shape index (κ2) is 7.06. The van der Waals surface area contributed by atoms with Crippen LogP contribution in [0.15, 0.2) is 12.7 Å². The van der Waals surface area contributed by atoms with Crippen molar-refractivity contribution in [1.82, 2.24) is 0 Å². The first-order valence-electron chi connectivity index (χ1n) is 5.32. The van der Waals surface area contributed by atoms with Gasteiger partial charge in [-0.3, -0.25) is 4.79 Å². The van der Waals surface area contributed by atoms with E-state index >= 15 is 0 Å². The van der Waals surface area contributed by atoms with Crippen LogP contribution >= 0.6 is 0 Å². The lowest BCUT2D eigenvalue weighted by atomic mass is 10.0. The summed E-state index contributed by atoms with van der Waals surface area (Å²) in [5.41, 5.74) is 8.24. The fraction of sp³-hybridized carbons (Fsp3) is 0.636. The zero-order valence-corrected chi connectivity index (χ0v) is 9.17. The number of hydrogen-bond acceptors (Lipinski definition) is 3. The smallest absolute Gasteiger partial charge is 0.323 e. The van der Waals surface area contributed by atoms with Crippen molar-refractivity contribution >= 4 is 12.0 Å². The van der Waals surface area contributed by atoms with Crippen molar-refractivity contribution in [3.63, 3.8) is 0 Å². The normalized spacial score (nSPS) is 24.5. The van der Waals surface area contributed by atoms with Crippen LogP contribution in [0.1, 0.15) is 19.3 Å². The molecule has 0 aromatic heterocycles. The van der Waals surface area contributed by atoms with E-state index in [9.17, 15) is 4.79 Å². The molecule has 2 atom stereocenters. The number of carbonyl (C=O) groups excluding carboxylic acids is 1. The van der Waals surface area contributed by atoms with Gasteiger partial charge in [-0.15, -0.1) is 6.58 Å². The summed E-state index contributed by atoms with van der Waals surface area (Å²) in [7, 11) is 0. The van der Waals surface area contributed by atoms with E-state index in [2.05, 4.69) is 11.4 Å². The topological polar surface area (TPSA) is 71.9 Å². The first kappa shape index (κ1) is 12.8. The zero-order valence-electron chi connectivity index (χ0n) is 9.17. The Labute approximate surface area is 94.7 Å². The van der Waals surface area contributed by atoms with Crippen LogP contribution in [0, 0.1) is 0 Å². The minimum absolute atomic E-state index is 0.0807. The molecule has 1 heterocycles. The lowest BCUT2D eigenvalue weighted by Gasteiger charge is -2.30. The maximum absolute atomic E-state index is 11.3. The number of ether oxygens (including phenoxy) is 2. The van der Waals surface area contributed by atoms with E-state index in [4.69, 9.17) is 15.0 Å². The molecule has 88 valence electrons. The summed E-state index contributed by atoms with van der Waals surface area (Å²) >= 11 is 0. The monoisotopic (exact) mass is 224 g/mol. The first-order chi connectivity index (χ1) is 7.77. The van der Waals surface area contributed by atoms with Gasteiger partial charge in [0.25, 0.3) is 0 Å². The quantitative estimate of drug-likeness (QED) is 0.292. The highest BCUT2D eigenvalue weighted by Gasteiger charge is 2.28. The Morgan fingerprint density at radius 3 is 3.19 bits per heavy atom. The van der Waals surface area contributed by atoms with Crippen molar-refractivity contribution in [2.45, 2.75) is 31.5 Å². The summed E-state index contributed by atoms with van der Waals surface area (Å²) in [6.07, 6.45) is 4.22. The van der Waals surface area contributed by atoms with Crippen LogP contribution in [0.25, 0.3) is 5.53 Å². The maximum atomic E-state index is 11.3. The molecule has 0 bridgehead atoms. The Hall–Kier alpha value is -1.29. The molecular weight excluding hydrogens is 208 g/mol. The molecule has 1 fully saturated rings. The highest BCUT2D eigenvalue weighted by molar-refractivity contribution is 6.25. The first-order valence-corrected chi connectivity index (χ1v) is 5.32. The molecule has 0 N–H and O–H groups in total. The Balaban J connectivity index is 2.48. The second-order valence-electron chi connectivity index (χ2n) is 3.63. The van der Waals surface area contributed by atoms with Crippen LogP contribution in [0.4, 0.5) is 0 Å².